The van der Waals surface area contributed by atoms with Gasteiger partial charge < -0.3 is 15.2 Å². The molecule has 1 aromatic carbocycles. The van der Waals surface area contributed by atoms with E-state index in [-0.39, 0.29) is 5.97 Å². The highest BCUT2D eigenvalue weighted by atomic mass is 16.5. The molecule has 4 nitrogen and oxygen atoms in total. The molecule has 1 rings (SSSR count). The summed E-state index contributed by atoms with van der Waals surface area (Å²) in [5.41, 5.74) is 6.46. The van der Waals surface area contributed by atoms with Crippen LogP contribution in [0.4, 0.5) is 0 Å². The molecule has 0 aliphatic carbocycles. The fourth-order valence-electron chi connectivity index (χ4n) is 1.83. The molecule has 106 valence electrons. The minimum absolute atomic E-state index is 0.339. The van der Waals surface area contributed by atoms with Crippen molar-refractivity contribution in [3.8, 4) is 5.75 Å². The Hall–Kier alpha value is -1.55. The van der Waals surface area contributed by atoms with E-state index < -0.39 is 11.6 Å². The molecule has 1 atom stereocenters. The molecule has 4 heteroatoms. The molecule has 0 fully saturated rings. The number of rotatable bonds is 6. The van der Waals surface area contributed by atoms with Gasteiger partial charge >= 0.3 is 5.97 Å². The third-order valence-electron chi connectivity index (χ3n) is 2.72. The van der Waals surface area contributed by atoms with Crippen LogP contribution in [-0.2, 0) is 9.53 Å². The van der Waals surface area contributed by atoms with Crippen LogP contribution < -0.4 is 10.5 Å². The number of carbonyl (C=O) groups excluding carboxylic acids is 1. The average molecular weight is 265 g/mol. The summed E-state index contributed by atoms with van der Waals surface area (Å²) in [4.78, 5) is 11.5. The topological polar surface area (TPSA) is 61.5 Å². The lowest BCUT2D eigenvalue weighted by Crippen LogP contribution is -2.42. The van der Waals surface area contributed by atoms with Crippen LogP contribution in [-0.4, -0.2) is 24.2 Å². The first kappa shape index (κ1) is 15.5. The standard InChI is InChI=1S/C15H23NO3/c1-5-18-14(17)13(16)10-15(3,4)19-12-8-6-11(2)7-9-12/h6-9,13H,5,10,16H2,1-4H3. The van der Waals surface area contributed by atoms with E-state index in [1.54, 1.807) is 6.92 Å². The first-order valence-electron chi connectivity index (χ1n) is 6.52. The largest absolute Gasteiger partial charge is 0.488 e. The molecule has 1 aromatic rings. The van der Waals surface area contributed by atoms with Crippen molar-refractivity contribution in [3.05, 3.63) is 29.8 Å². The van der Waals surface area contributed by atoms with Crippen LogP contribution in [0.1, 0.15) is 32.8 Å². The Morgan fingerprint density at radius 1 is 1.32 bits per heavy atom. The van der Waals surface area contributed by atoms with Gasteiger partial charge in [-0.25, -0.2) is 0 Å². The Kier molecular flexibility index (Phi) is 5.36. The number of carbonyl (C=O) groups is 1. The van der Waals surface area contributed by atoms with Gasteiger partial charge in [0.1, 0.15) is 17.4 Å². The molecular weight excluding hydrogens is 242 g/mol. The van der Waals surface area contributed by atoms with Gasteiger partial charge in [-0.2, -0.15) is 0 Å². The fraction of sp³-hybridized carbons (Fsp3) is 0.533. The molecule has 19 heavy (non-hydrogen) atoms. The zero-order valence-electron chi connectivity index (χ0n) is 12.1. The van der Waals surface area contributed by atoms with Crippen LogP contribution in [0.15, 0.2) is 24.3 Å². The van der Waals surface area contributed by atoms with E-state index in [9.17, 15) is 4.79 Å². The number of nitrogens with two attached hydrogens (primary N) is 1. The van der Waals surface area contributed by atoms with Crippen LogP contribution in [0, 0.1) is 6.92 Å². The van der Waals surface area contributed by atoms with Crippen molar-refractivity contribution in [2.75, 3.05) is 6.61 Å². The normalized spacial score (nSPS) is 12.9. The molecule has 0 saturated heterocycles. The summed E-state index contributed by atoms with van der Waals surface area (Å²) in [5.74, 6) is 0.384. The van der Waals surface area contributed by atoms with Gasteiger partial charge in [-0.1, -0.05) is 17.7 Å². The van der Waals surface area contributed by atoms with Gasteiger partial charge in [0.05, 0.1) is 6.61 Å². The maximum atomic E-state index is 11.5. The molecule has 0 aromatic heterocycles. The zero-order chi connectivity index (χ0) is 14.5. The summed E-state index contributed by atoms with van der Waals surface area (Å²) in [6.07, 6.45) is 0.402. The van der Waals surface area contributed by atoms with E-state index >= 15 is 0 Å². The number of benzene rings is 1. The average Bonchev–Trinajstić information content (AvgIpc) is 2.31. The Labute approximate surface area is 114 Å². The van der Waals surface area contributed by atoms with Crippen LogP contribution in [0.25, 0.3) is 0 Å². The number of aryl methyl sites for hydroxylation is 1. The van der Waals surface area contributed by atoms with E-state index in [2.05, 4.69) is 0 Å². The fourth-order valence-corrected chi connectivity index (χ4v) is 1.83. The van der Waals surface area contributed by atoms with Crippen molar-refractivity contribution in [1.29, 1.82) is 0 Å². The number of ether oxygens (including phenoxy) is 2. The van der Waals surface area contributed by atoms with Crippen LogP contribution in [0.2, 0.25) is 0 Å². The minimum atomic E-state index is -0.666. The summed E-state index contributed by atoms with van der Waals surface area (Å²) in [5, 5.41) is 0. The molecule has 0 radical (unpaired) electrons. The van der Waals surface area contributed by atoms with Crippen molar-refractivity contribution in [2.24, 2.45) is 5.73 Å². The SMILES string of the molecule is CCOC(=O)C(N)CC(C)(C)Oc1ccc(C)cc1. The Morgan fingerprint density at radius 3 is 2.42 bits per heavy atom. The molecule has 0 bridgehead atoms. The molecule has 0 amide bonds. The highest BCUT2D eigenvalue weighted by Gasteiger charge is 2.27. The van der Waals surface area contributed by atoms with E-state index in [4.69, 9.17) is 15.2 Å². The number of esters is 1. The Balaban J connectivity index is 2.60. The predicted octanol–water partition coefficient (Wildman–Crippen LogP) is 2.43. The lowest BCUT2D eigenvalue weighted by Gasteiger charge is -2.28. The van der Waals surface area contributed by atoms with Crippen LogP contribution >= 0.6 is 0 Å². The van der Waals surface area contributed by atoms with Crippen molar-refractivity contribution in [3.63, 3.8) is 0 Å². The second-order valence-corrected chi connectivity index (χ2v) is 5.24. The summed E-state index contributed by atoms with van der Waals surface area (Å²) in [6, 6.07) is 7.12. The predicted molar refractivity (Wildman–Crippen MR) is 75.1 cm³/mol. The van der Waals surface area contributed by atoms with Crippen LogP contribution in [0.3, 0.4) is 0 Å². The van der Waals surface area contributed by atoms with Crippen molar-refractivity contribution < 1.29 is 14.3 Å². The maximum absolute atomic E-state index is 11.5. The minimum Gasteiger partial charge on any atom is -0.488 e. The lowest BCUT2D eigenvalue weighted by atomic mass is 9.99. The van der Waals surface area contributed by atoms with Gasteiger partial charge in [0.2, 0.25) is 0 Å². The van der Waals surface area contributed by atoms with Gasteiger partial charge in [0.15, 0.2) is 0 Å². The third-order valence-corrected chi connectivity index (χ3v) is 2.72. The Bertz CT molecular complexity index is 412. The number of hydrogen-bond donors (Lipinski definition) is 1. The first-order valence-corrected chi connectivity index (χ1v) is 6.52. The molecule has 1 unspecified atom stereocenters. The quantitative estimate of drug-likeness (QED) is 0.802. The molecule has 0 heterocycles. The molecule has 0 spiro atoms. The second-order valence-electron chi connectivity index (χ2n) is 5.24. The molecule has 0 aliphatic rings. The monoisotopic (exact) mass is 265 g/mol. The van der Waals surface area contributed by atoms with Crippen molar-refractivity contribution in [1.82, 2.24) is 0 Å². The van der Waals surface area contributed by atoms with Gasteiger partial charge in [-0.3, -0.25) is 4.79 Å². The molecule has 0 saturated carbocycles. The van der Waals surface area contributed by atoms with E-state index in [0.29, 0.717) is 13.0 Å². The second kappa shape index (κ2) is 6.57. The molecule has 0 aliphatic heterocycles. The van der Waals surface area contributed by atoms with E-state index in [1.165, 1.54) is 5.56 Å². The van der Waals surface area contributed by atoms with Gasteiger partial charge in [-0.15, -0.1) is 0 Å². The summed E-state index contributed by atoms with van der Waals surface area (Å²) >= 11 is 0. The Morgan fingerprint density at radius 2 is 1.89 bits per heavy atom. The van der Waals surface area contributed by atoms with Crippen LogP contribution in [0.5, 0.6) is 5.75 Å². The highest BCUT2D eigenvalue weighted by Crippen LogP contribution is 2.22. The third kappa shape index (κ3) is 5.30. The molecular formula is C15H23NO3. The summed E-state index contributed by atoms with van der Waals surface area (Å²) in [7, 11) is 0. The maximum Gasteiger partial charge on any atom is 0.323 e. The number of hydrogen-bond acceptors (Lipinski definition) is 4. The smallest absolute Gasteiger partial charge is 0.323 e. The van der Waals surface area contributed by atoms with E-state index in [0.717, 1.165) is 5.75 Å². The lowest BCUT2D eigenvalue weighted by molar-refractivity contribution is -0.145. The molecule has 2 N–H and O–H groups in total. The highest BCUT2D eigenvalue weighted by molar-refractivity contribution is 5.75. The summed E-state index contributed by atoms with van der Waals surface area (Å²) in [6.45, 7) is 7.94. The van der Waals surface area contributed by atoms with E-state index in [1.807, 2.05) is 45.0 Å². The van der Waals surface area contributed by atoms with Crippen molar-refractivity contribution in [2.45, 2.75) is 45.8 Å². The zero-order valence-corrected chi connectivity index (χ0v) is 12.1. The van der Waals surface area contributed by atoms with Gasteiger partial charge in [0.25, 0.3) is 0 Å². The van der Waals surface area contributed by atoms with Gasteiger partial charge in [-0.05, 0) is 39.8 Å². The first-order chi connectivity index (χ1) is 8.84. The summed E-state index contributed by atoms with van der Waals surface area (Å²) < 4.78 is 10.8. The van der Waals surface area contributed by atoms with Crippen molar-refractivity contribution >= 4 is 5.97 Å². The van der Waals surface area contributed by atoms with Gasteiger partial charge in [0, 0.05) is 6.42 Å².